The second-order valence-electron chi connectivity index (χ2n) is 7.71. The van der Waals surface area contributed by atoms with E-state index in [2.05, 4.69) is 5.32 Å². The van der Waals surface area contributed by atoms with Gasteiger partial charge in [0, 0.05) is 18.8 Å². The first-order chi connectivity index (χ1) is 13.9. The summed E-state index contributed by atoms with van der Waals surface area (Å²) in [7, 11) is -3.68. The minimum absolute atomic E-state index is 0.0945. The van der Waals surface area contributed by atoms with Gasteiger partial charge in [0.25, 0.3) is 0 Å². The molecule has 8 nitrogen and oxygen atoms in total. The number of ether oxygens (including phenoxy) is 1. The molecule has 5 rings (SSSR count). The molecule has 4 aliphatic rings. The molecule has 2 fully saturated rings. The average Bonchev–Trinajstić information content (AvgIpc) is 2.74. The number of carbonyl (C=O) groups excluding carboxylic acids is 1. The number of fused-ring (bicyclic) bond motifs is 2. The SMILES string of the molecule is O=C(Nc1cccc(S(=O)(=O)N2CCOCC2)c1)[C@@H]1[C@@H](C(=O)O)[C@H]2C=C[C@@H]1CC2. The molecule has 4 atom stereocenters. The molecule has 0 unspecified atom stereocenters. The molecule has 1 aliphatic heterocycles. The van der Waals surface area contributed by atoms with Crippen LogP contribution in [-0.2, 0) is 24.3 Å². The van der Waals surface area contributed by atoms with Crippen LogP contribution in [-0.4, -0.2) is 56.0 Å². The number of nitrogens with zero attached hydrogens (tertiary/aromatic N) is 1. The third kappa shape index (κ3) is 3.82. The van der Waals surface area contributed by atoms with E-state index in [9.17, 15) is 23.1 Å². The predicted octanol–water partition coefficient (Wildman–Crippen LogP) is 1.56. The van der Waals surface area contributed by atoms with Crippen LogP contribution in [0.15, 0.2) is 41.3 Å². The number of nitrogens with one attached hydrogen (secondary N) is 1. The third-order valence-corrected chi connectivity index (χ3v) is 7.94. The van der Waals surface area contributed by atoms with Crippen molar-refractivity contribution in [2.45, 2.75) is 17.7 Å². The number of carbonyl (C=O) groups is 2. The van der Waals surface area contributed by atoms with Crippen LogP contribution in [0.2, 0.25) is 0 Å². The number of morpholine rings is 1. The van der Waals surface area contributed by atoms with Gasteiger partial charge < -0.3 is 15.2 Å². The van der Waals surface area contributed by atoms with Crippen molar-refractivity contribution in [1.82, 2.24) is 4.31 Å². The Hall–Kier alpha value is -2.23. The molecule has 1 amide bonds. The van der Waals surface area contributed by atoms with Gasteiger partial charge in [-0.25, -0.2) is 8.42 Å². The Kier molecular flexibility index (Phi) is 5.46. The number of allylic oxidation sites excluding steroid dienone is 2. The highest BCUT2D eigenvalue weighted by molar-refractivity contribution is 7.89. The maximum atomic E-state index is 13.0. The first kappa shape index (κ1) is 20.1. The second kappa shape index (κ2) is 7.89. The lowest BCUT2D eigenvalue weighted by Gasteiger charge is -2.41. The van der Waals surface area contributed by atoms with Crippen LogP contribution < -0.4 is 5.32 Å². The molecular weight excluding hydrogens is 396 g/mol. The summed E-state index contributed by atoms with van der Waals surface area (Å²) in [6.45, 7) is 1.28. The van der Waals surface area contributed by atoms with Crippen LogP contribution >= 0.6 is 0 Å². The Bertz CT molecular complexity index is 938. The van der Waals surface area contributed by atoms with Gasteiger partial charge in [-0.2, -0.15) is 4.31 Å². The van der Waals surface area contributed by atoms with E-state index in [1.807, 2.05) is 12.2 Å². The van der Waals surface area contributed by atoms with Crippen molar-refractivity contribution in [2.24, 2.45) is 23.7 Å². The highest BCUT2D eigenvalue weighted by Crippen LogP contribution is 2.45. The molecular formula is C20H24N2O6S. The van der Waals surface area contributed by atoms with Gasteiger partial charge in [-0.1, -0.05) is 18.2 Å². The predicted molar refractivity (Wildman–Crippen MR) is 105 cm³/mol. The zero-order chi connectivity index (χ0) is 20.6. The van der Waals surface area contributed by atoms with Crippen LogP contribution in [0.4, 0.5) is 5.69 Å². The van der Waals surface area contributed by atoms with Crippen LogP contribution in [0.3, 0.4) is 0 Å². The highest BCUT2D eigenvalue weighted by Gasteiger charge is 2.48. The van der Waals surface area contributed by atoms with Gasteiger partial charge in [0.15, 0.2) is 0 Å². The van der Waals surface area contributed by atoms with Gasteiger partial charge in [0.1, 0.15) is 0 Å². The number of rotatable bonds is 5. The fourth-order valence-corrected chi connectivity index (χ4v) is 6.04. The summed E-state index contributed by atoms with van der Waals surface area (Å²) in [5.74, 6) is -3.00. The average molecular weight is 420 g/mol. The van der Waals surface area contributed by atoms with Crippen molar-refractivity contribution < 1.29 is 27.9 Å². The summed E-state index contributed by atoms with van der Waals surface area (Å²) < 4.78 is 32.3. The van der Waals surface area contributed by atoms with E-state index in [0.29, 0.717) is 18.9 Å². The standard InChI is InChI=1S/C20H24N2O6S/c23-19(17-13-4-6-14(7-5-13)18(17)20(24)25)21-15-2-1-3-16(12-15)29(26,27)22-8-10-28-11-9-22/h1-4,6,12-14,17-18H,5,7-11H2,(H,21,23)(H,24,25)/t13-,14+,17+,18+/m1/s1. The van der Waals surface area contributed by atoms with Gasteiger partial charge in [0.05, 0.1) is 29.9 Å². The summed E-state index contributed by atoms with van der Waals surface area (Å²) in [4.78, 5) is 24.8. The summed E-state index contributed by atoms with van der Waals surface area (Å²) in [6, 6.07) is 6.11. The Balaban J connectivity index is 1.54. The summed E-state index contributed by atoms with van der Waals surface area (Å²) in [5, 5.41) is 12.4. The first-order valence-electron chi connectivity index (χ1n) is 9.78. The normalized spacial score (nSPS) is 29.5. The number of aliphatic carboxylic acids is 1. The van der Waals surface area contributed by atoms with Gasteiger partial charge >= 0.3 is 5.97 Å². The van der Waals surface area contributed by atoms with Gasteiger partial charge in [0.2, 0.25) is 15.9 Å². The topological polar surface area (TPSA) is 113 Å². The maximum absolute atomic E-state index is 13.0. The molecule has 0 radical (unpaired) electrons. The zero-order valence-electron chi connectivity index (χ0n) is 15.9. The van der Waals surface area contributed by atoms with Crippen molar-refractivity contribution in [1.29, 1.82) is 0 Å². The number of carboxylic acids is 1. The molecule has 0 aromatic heterocycles. The molecule has 3 aliphatic carbocycles. The molecule has 9 heteroatoms. The third-order valence-electron chi connectivity index (χ3n) is 6.05. The molecule has 156 valence electrons. The Morgan fingerprint density at radius 3 is 2.34 bits per heavy atom. The Morgan fingerprint density at radius 2 is 1.72 bits per heavy atom. The maximum Gasteiger partial charge on any atom is 0.307 e. The molecule has 1 heterocycles. The largest absolute Gasteiger partial charge is 0.481 e. The number of hydrogen-bond donors (Lipinski definition) is 2. The lowest BCUT2D eigenvalue weighted by atomic mass is 9.62. The molecule has 1 aromatic rings. The van der Waals surface area contributed by atoms with Crippen LogP contribution in [0.25, 0.3) is 0 Å². The van der Waals surface area contributed by atoms with Crippen molar-refractivity contribution in [2.75, 3.05) is 31.6 Å². The number of amides is 1. The fraction of sp³-hybridized carbons (Fsp3) is 0.500. The van der Waals surface area contributed by atoms with Crippen molar-refractivity contribution >= 4 is 27.6 Å². The molecule has 1 saturated heterocycles. The van der Waals surface area contributed by atoms with Crippen molar-refractivity contribution in [3.8, 4) is 0 Å². The second-order valence-corrected chi connectivity index (χ2v) is 9.65. The van der Waals surface area contributed by atoms with E-state index in [0.717, 1.165) is 12.8 Å². The van der Waals surface area contributed by atoms with E-state index in [1.165, 1.54) is 16.4 Å². The fourth-order valence-electron chi connectivity index (χ4n) is 4.58. The van der Waals surface area contributed by atoms with E-state index in [4.69, 9.17) is 4.74 Å². The van der Waals surface area contributed by atoms with Crippen LogP contribution in [0, 0.1) is 23.7 Å². The number of sulfonamides is 1. The zero-order valence-corrected chi connectivity index (χ0v) is 16.7. The lowest BCUT2D eigenvalue weighted by molar-refractivity contribution is -0.151. The van der Waals surface area contributed by atoms with Gasteiger partial charge in [-0.05, 0) is 42.9 Å². The smallest absolute Gasteiger partial charge is 0.307 e. The molecule has 29 heavy (non-hydrogen) atoms. The van der Waals surface area contributed by atoms with E-state index >= 15 is 0 Å². The molecule has 1 saturated carbocycles. The molecule has 2 N–H and O–H groups in total. The van der Waals surface area contributed by atoms with Crippen LogP contribution in [0.1, 0.15) is 12.8 Å². The number of hydrogen-bond acceptors (Lipinski definition) is 5. The Labute approximate surface area is 169 Å². The lowest BCUT2D eigenvalue weighted by Crippen LogP contribution is -2.47. The Morgan fingerprint density at radius 1 is 1.07 bits per heavy atom. The number of anilines is 1. The molecule has 1 aromatic carbocycles. The number of benzene rings is 1. The van der Waals surface area contributed by atoms with Crippen molar-refractivity contribution in [3.05, 3.63) is 36.4 Å². The summed E-state index contributed by atoms with van der Waals surface area (Å²) in [5.41, 5.74) is 0.346. The minimum atomic E-state index is -3.68. The minimum Gasteiger partial charge on any atom is -0.481 e. The number of carboxylic acid groups (broad SMARTS) is 1. The molecule has 0 spiro atoms. The van der Waals surface area contributed by atoms with E-state index in [-0.39, 0.29) is 35.7 Å². The quantitative estimate of drug-likeness (QED) is 0.699. The molecule has 2 bridgehead atoms. The summed E-state index contributed by atoms with van der Waals surface area (Å²) >= 11 is 0. The van der Waals surface area contributed by atoms with E-state index in [1.54, 1.807) is 12.1 Å². The van der Waals surface area contributed by atoms with Crippen LogP contribution in [0.5, 0.6) is 0 Å². The monoisotopic (exact) mass is 420 g/mol. The van der Waals surface area contributed by atoms with E-state index < -0.39 is 27.8 Å². The summed E-state index contributed by atoms with van der Waals surface area (Å²) in [6.07, 6.45) is 5.41. The van der Waals surface area contributed by atoms with Gasteiger partial charge in [-0.15, -0.1) is 0 Å². The highest BCUT2D eigenvalue weighted by atomic mass is 32.2. The van der Waals surface area contributed by atoms with Crippen molar-refractivity contribution in [3.63, 3.8) is 0 Å². The first-order valence-corrected chi connectivity index (χ1v) is 11.2. The van der Waals surface area contributed by atoms with Gasteiger partial charge in [-0.3, -0.25) is 9.59 Å².